The average molecular weight is 347 g/mol. The molecule has 1 aliphatic heterocycles. The van der Waals surface area contributed by atoms with Crippen LogP contribution in [0.4, 0.5) is 0 Å². The van der Waals surface area contributed by atoms with Crippen molar-refractivity contribution in [3.05, 3.63) is 29.6 Å². The molecule has 0 bridgehead atoms. The van der Waals surface area contributed by atoms with E-state index < -0.39 is 6.10 Å². The van der Waals surface area contributed by atoms with Crippen LogP contribution in [0, 0.1) is 6.92 Å². The molecule has 0 saturated carbocycles. The van der Waals surface area contributed by atoms with Gasteiger partial charge in [-0.15, -0.1) is 24.8 Å². The predicted octanol–water partition coefficient (Wildman–Crippen LogP) is 1.05. The zero-order chi connectivity index (χ0) is 14.1. The van der Waals surface area contributed by atoms with Gasteiger partial charge in [0.1, 0.15) is 5.82 Å². The van der Waals surface area contributed by atoms with Crippen LogP contribution in [0.15, 0.2) is 18.2 Å². The van der Waals surface area contributed by atoms with E-state index in [1.165, 1.54) is 5.56 Å². The van der Waals surface area contributed by atoms with E-state index in [1.807, 2.05) is 25.1 Å². The molecule has 1 fully saturated rings. The number of aromatic nitrogens is 2. The molecule has 0 unspecified atom stereocenters. The number of carbonyl (C=O) groups is 1. The Morgan fingerprint density at radius 1 is 1.45 bits per heavy atom. The van der Waals surface area contributed by atoms with Gasteiger partial charge in [-0.1, -0.05) is 6.07 Å². The molecule has 3 rings (SSSR count). The van der Waals surface area contributed by atoms with Crippen molar-refractivity contribution in [3.63, 3.8) is 0 Å². The Hall–Kier alpha value is -1.34. The number of aromatic amines is 1. The highest BCUT2D eigenvalue weighted by molar-refractivity contribution is 5.85. The molecule has 8 heteroatoms. The number of hydrogen-bond acceptors (Lipinski definition) is 4. The van der Waals surface area contributed by atoms with Crippen LogP contribution in [-0.4, -0.2) is 39.7 Å². The molecule has 2 heterocycles. The second kappa shape index (κ2) is 7.78. The summed E-state index contributed by atoms with van der Waals surface area (Å²) in [5.41, 5.74) is 3.04. The standard InChI is InChI=1S/C14H18N4O2.2ClH/c1-8-2-3-10-11(4-8)18-13(17-10)7-16-14(20)12-5-9(19)6-15-12;;/h2-4,9,12,15,19H,5-7H2,1H3,(H,16,20)(H,17,18);2*1H/t9-,12-;;/m1../s1. The van der Waals surface area contributed by atoms with Crippen LogP contribution >= 0.6 is 24.8 Å². The fourth-order valence-electron chi connectivity index (χ4n) is 2.47. The van der Waals surface area contributed by atoms with Crippen LogP contribution in [0.1, 0.15) is 17.8 Å². The van der Waals surface area contributed by atoms with Crippen LogP contribution < -0.4 is 10.6 Å². The normalized spacial score (nSPS) is 20.3. The van der Waals surface area contributed by atoms with Gasteiger partial charge in [-0.3, -0.25) is 4.79 Å². The highest BCUT2D eigenvalue weighted by atomic mass is 35.5. The lowest BCUT2D eigenvalue weighted by Crippen LogP contribution is -2.40. The Kier molecular flexibility index (Phi) is 6.62. The van der Waals surface area contributed by atoms with Crippen molar-refractivity contribution >= 4 is 41.8 Å². The summed E-state index contributed by atoms with van der Waals surface area (Å²) in [6.07, 6.45) is 0.0328. The maximum Gasteiger partial charge on any atom is 0.237 e. The van der Waals surface area contributed by atoms with E-state index in [0.29, 0.717) is 19.5 Å². The van der Waals surface area contributed by atoms with Gasteiger partial charge < -0.3 is 20.7 Å². The number of benzene rings is 1. The Morgan fingerprint density at radius 3 is 2.91 bits per heavy atom. The molecule has 22 heavy (non-hydrogen) atoms. The number of nitrogens with one attached hydrogen (secondary N) is 3. The maximum atomic E-state index is 11.9. The lowest BCUT2D eigenvalue weighted by Gasteiger charge is -2.09. The number of nitrogens with zero attached hydrogens (tertiary/aromatic N) is 1. The van der Waals surface area contributed by atoms with Gasteiger partial charge in [0.2, 0.25) is 5.91 Å². The fraction of sp³-hybridized carbons (Fsp3) is 0.429. The smallest absolute Gasteiger partial charge is 0.237 e. The Morgan fingerprint density at radius 2 is 2.23 bits per heavy atom. The summed E-state index contributed by atoms with van der Waals surface area (Å²) in [7, 11) is 0. The van der Waals surface area contributed by atoms with E-state index in [-0.39, 0.29) is 36.8 Å². The largest absolute Gasteiger partial charge is 0.392 e. The third-order valence-electron chi connectivity index (χ3n) is 3.54. The number of amides is 1. The number of halogens is 2. The molecule has 0 radical (unpaired) electrons. The minimum atomic E-state index is -0.431. The molecule has 122 valence electrons. The van der Waals surface area contributed by atoms with E-state index in [0.717, 1.165) is 16.9 Å². The molecular formula is C14H20Cl2N4O2. The van der Waals surface area contributed by atoms with Gasteiger partial charge in [-0.05, 0) is 31.0 Å². The molecule has 0 spiro atoms. The maximum absolute atomic E-state index is 11.9. The monoisotopic (exact) mass is 346 g/mol. The molecule has 1 saturated heterocycles. The molecule has 2 aromatic rings. The van der Waals surface area contributed by atoms with E-state index in [4.69, 9.17) is 0 Å². The topological polar surface area (TPSA) is 90.0 Å². The number of carbonyl (C=O) groups excluding carboxylic acids is 1. The summed E-state index contributed by atoms with van der Waals surface area (Å²) < 4.78 is 0. The van der Waals surface area contributed by atoms with Gasteiger partial charge in [0.05, 0.1) is 29.7 Å². The first-order valence-electron chi connectivity index (χ1n) is 6.76. The molecule has 1 amide bonds. The molecule has 6 nitrogen and oxygen atoms in total. The number of rotatable bonds is 3. The summed E-state index contributed by atoms with van der Waals surface area (Å²) in [5.74, 6) is 0.635. The molecule has 2 atom stereocenters. The predicted molar refractivity (Wildman–Crippen MR) is 89.6 cm³/mol. The van der Waals surface area contributed by atoms with Crippen molar-refractivity contribution in [1.29, 1.82) is 0 Å². The second-order valence-corrected chi connectivity index (χ2v) is 5.27. The summed E-state index contributed by atoms with van der Waals surface area (Å²) in [4.78, 5) is 19.5. The molecule has 1 aromatic heterocycles. The van der Waals surface area contributed by atoms with Crippen LogP contribution in [0.3, 0.4) is 0 Å². The zero-order valence-electron chi connectivity index (χ0n) is 12.1. The second-order valence-electron chi connectivity index (χ2n) is 5.27. The Bertz CT molecular complexity index is 647. The third kappa shape index (κ3) is 4.10. The van der Waals surface area contributed by atoms with Gasteiger partial charge >= 0.3 is 0 Å². The zero-order valence-corrected chi connectivity index (χ0v) is 13.8. The van der Waals surface area contributed by atoms with E-state index in [9.17, 15) is 9.90 Å². The number of H-pyrrole nitrogens is 1. The van der Waals surface area contributed by atoms with Crippen LogP contribution in [-0.2, 0) is 11.3 Å². The van der Waals surface area contributed by atoms with Crippen LogP contribution in [0.2, 0.25) is 0 Å². The molecule has 0 aliphatic carbocycles. The number of aryl methyl sites for hydroxylation is 1. The fourth-order valence-corrected chi connectivity index (χ4v) is 2.47. The lowest BCUT2D eigenvalue weighted by molar-refractivity contribution is -0.123. The van der Waals surface area contributed by atoms with E-state index in [1.54, 1.807) is 0 Å². The summed E-state index contributed by atoms with van der Waals surface area (Å²) in [5, 5.41) is 15.2. The van der Waals surface area contributed by atoms with Crippen molar-refractivity contribution in [3.8, 4) is 0 Å². The number of aliphatic hydroxyl groups is 1. The number of aliphatic hydroxyl groups excluding tert-OH is 1. The van der Waals surface area contributed by atoms with Crippen molar-refractivity contribution in [1.82, 2.24) is 20.6 Å². The molecule has 4 N–H and O–H groups in total. The van der Waals surface area contributed by atoms with Crippen LogP contribution in [0.5, 0.6) is 0 Å². The van der Waals surface area contributed by atoms with Gasteiger partial charge in [-0.2, -0.15) is 0 Å². The summed E-state index contributed by atoms with van der Waals surface area (Å²) in [6.45, 7) is 2.86. The number of β-amino-alcohol motifs (C(OH)–C–C–N with tert-alkyl or cyclic N) is 1. The number of hydrogen-bond donors (Lipinski definition) is 4. The van der Waals surface area contributed by atoms with Gasteiger partial charge in [0, 0.05) is 6.54 Å². The number of imidazole rings is 1. The third-order valence-corrected chi connectivity index (χ3v) is 3.54. The first-order chi connectivity index (χ1) is 9.61. The van der Waals surface area contributed by atoms with Crippen molar-refractivity contribution < 1.29 is 9.90 Å². The van der Waals surface area contributed by atoms with Crippen molar-refractivity contribution in [2.75, 3.05) is 6.54 Å². The van der Waals surface area contributed by atoms with Crippen molar-refractivity contribution in [2.45, 2.75) is 32.0 Å². The molecular weight excluding hydrogens is 327 g/mol. The quantitative estimate of drug-likeness (QED) is 0.668. The van der Waals surface area contributed by atoms with Gasteiger partial charge in [0.15, 0.2) is 0 Å². The first-order valence-corrected chi connectivity index (χ1v) is 6.76. The Balaban J connectivity index is 0.00000121. The minimum Gasteiger partial charge on any atom is -0.392 e. The highest BCUT2D eigenvalue weighted by Gasteiger charge is 2.27. The lowest BCUT2D eigenvalue weighted by atomic mass is 10.2. The van der Waals surface area contributed by atoms with Crippen molar-refractivity contribution in [2.24, 2.45) is 0 Å². The summed E-state index contributed by atoms with van der Waals surface area (Å²) in [6, 6.07) is 5.69. The van der Waals surface area contributed by atoms with E-state index in [2.05, 4.69) is 20.6 Å². The van der Waals surface area contributed by atoms with E-state index >= 15 is 0 Å². The number of fused-ring (bicyclic) bond motifs is 1. The van der Waals surface area contributed by atoms with Crippen LogP contribution in [0.25, 0.3) is 11.0 Å². The SMILES string of the molecule is Cc1ccc2nc(CNC(=O)[C@H]3C[C@@H](O)CN3)[nH]c2c1.Cl.Cl. The molecule has 1 aromatic carbocycles. The summed E-state index contributed by atoms with van der Waals surface area (Å²) >= 11 is 0. The van der Waals surface area contributed by atoms with Gasteiger partial charge in [0.25, 0.3) is 0 Å². The Labute approximate surface area is 140 Å². The highest BCUT2D eigenvalue weighted by Crippen LogP contribution is 2.13. The average Bonchev–Trinajstić information content (AvgIpc) is 3.01. The van der Waals surface area contributed by atoms with Gasteiger partial charge in [-0.25, -0.2) is 4.98 Å². The first kappa shape index (κ1) is 18.7. The molecule has 1 aliphatic rings. The minimum absolute atomic E-state index is 0.